The van der Waals surface area contributed by atoms with Crippen molar-refractivity contribution in [3.8, 4) is 0 Å². The zero-order chi connectivity index (χ0) is 9.14. The molecule has 0 amide bonds. The molecule has 4 nitrogen and oxygen atoms in total. The van der Waals surface area contributed by atoms with E-state index in [2.05, 4.69) is 20.9 Å². The lowest BCUT2D eigenvalue weighted by molar-refractivity contribution is -0.385. The smallest absolute Gasteiger partial charge is 0.258 e. The average Bonchev–Trinajstić information content (AvgIpc) is 2.03. The summed E-state index contributed by atoms with van der Waals surface area (Å²) in [6, 6.07) is 2.32. The van der Waals surface area contributed by atoms with E-state index in [-0.39, 0.29) is 16.0 Å². The molecular weight excluding hydrogens is 231 g/mol. The zero-order valence-electron chi connectivity index (χ0n) is 5.83. The third-order valence-corrected chi connectivity index (χ3v) is 1.59. The minimum atomic E-state index is -0.805. The lowest BCUT2D eigenvalue weighted by Gasteiger charge is -1.95. The van der Waals surface area contributed by atoms with Crippen LogP contribution in [0.2, 0.25) is 0 Å². The van der Waals surface area contributed by atoms with Crippen molar-refractivity contribution in [3.05, 3.63) is 32.5 Å². The molecule has 0 spiro atoms. The summed E-state index contributed by atoms with van der Waals surface area (Å²) in [6.07, 6.45) is 0. The molecule has 0 bridgehead atoms. The van der Waals surface area contributed by atoms with Gasteiger partial charge < -0.3 is 0 Å². The Morgan fingerprint density at radius 3 is 2.83 bits per heavy atom. The van der Waals surface area contributed by atoms with Crippen molar-refractivity contribution >= 4 is 21.6 Å². The van der Waals surface area contributed by atoms with Gasteiger partial charge in [-0.25, -0.2) is 9.37 Å². The minimum absolute atomic E-state index is 0.0519. The molecule has 0 saturated heterocycles. The van der Waals surface area contributed by atoms with E-state index >= 15 is 0 Å². The number of nitro groups is 1. The standard InChI is InChI=1S/C6H4BrFN2O2/c7-6-2-5(10(11)12)1-4(3-8)9-6/h1-2H,3H2. The van der Waals surface area contributed by atoms with Gasteiger partial charge in [0, 0.05) is 12.1 Å². The SMILES string of the molecule is O=[N+]([O-])c1cc(Br)nc(CF)c1. The summed E-state index contributed by atoms with van der Waals surface area (Å²) in [4.78, 5) is 13.3. The number of aromatic nitrogens is 1. The molecule has 0 atom stereocenters. The van der Waals surface area contributed by atoms with Crippen LogP contribution in [0.4, 0.5) is 10.1 Å². The maximum Gasteiger partial charge on any atom is 0.274 e. The Bertz CT molecular complexity index is 318. The molecule has 0 saturated carbocycles. The first kappa shape index (κ1) is 9.05. The molecule has 0 aromatic carbocycles. The van der Waals surface area contributed by atoms with Crippen molar-refractivity contribution < 1.29 is 9.31 Å². The van der Waals surface area contributed by atoms with Gasteiger partial charge in [0.25, 0.3) is 5.69 Å². The molecule has 0 fully saturated rings. The number of rotatable bonds is 2. The predicted octanol–water partition coefficient (Wildman–Crippen LogP) is 2.22. The van der Waals surface area contributed by atoms with Crippen LogP contribution in [0.15, 0.2) is 16.7 Å². The summed E-state index contributed by atoms with van der Waals surface area (Å²) >= 11 is 2.94. The Morgan fingerprint density at radius 2 is 2.33 bits per heavy atom. The van der Waals surface area contributed by atoms with Crippen LogP contribution in [0.5, 0.6) is 0 Å². The van der Waals surface area contributed by atoms with Gasteiger partial charge in [0.15, 0.2) is 0 Å². The predicted molar refractivity (Wildman–Crippen MR) is 43.4 cm³/mol. The quantitative estimate of drug-likeness (QED) is 0.448. The van der Waals surface area contributed by atoms with Gasteiger partial charge >= 0.3 is 0 Å². The van der Waals surface area contributed by atoms with Gasteiger partial charge in [0.05, 0.1) is 10.6 Å². The highest BCUT2D eigenvalue weighted by molar-refractivity contribution is 9.10. The molecule has 0 N–H and O–H groups in total. The first-order valence-corrected chi connectivity index (χ1v) is 3.79. The molecule has 0 aliphatic carbocycles. The van der Waals surface area contributed by atoms with E-state index in [1.807, 2.05) is 0 Å². The number of nitrogens with zero attached hydrogens (tertiary/aromatic N) is 2. The topological polar surface area (TPSA) is 56.0 Å². The van der Waals surface area contributed by atoms with Crippen LogP contribution in [0.25, 0.3) is 0 Å². The van der Waals surface area contributed by atoms with E-state index in [4.69, 9.17) is 0 Å². The zero-order valence-corrected chi connectivity index (χ0v) is 7.41. The summed E-state index contributed by atoms with van der Waals surface area (Å²) in [5.74, 6) is 0. The molecule has 6 heteroatoms. The third-order valence-electron chi connectivity index (χ3n) is 1.18. The fourth-order valence-corrected chi connectivity index (χ4v) is 1.17. The highest BCUT2D eigenvalue weighted by Crippen LogP contribution is 2.18. The molecule has 0 radical (unpaired) electrons. The van der Waals surface area contributed by atoms with Crippen molar-refractivity contribution in [2.45, 2.75) is 6.67 Å². The number of alkyl halides is 1. The molecule has 1 aromatic rings. The van der Waals surface area contributed by atoms with Gasteiger partial charge in [-0.2, -0.15) is 0 Å². The highest BCUT2D eigenvalue weighted by Gasteiger charge is 2.09. The van der Waals surface area contributed by atoms with Crippen LogP contribution >= 0.6 is 15.9 Å². The van der Waals surface area contributed by atoms with Crippen LogP contribution in [-0.4, -0.2) is 9.91 Å². The van der Waals surface area contributed by atoms with Crippen LogP contribution in [0.3, 0.4) is 0 Å². The van der Waals surface area contributed by atoms with Crippen molar-refractivity contribution in [2.24, 2.45) is 0 Å². The van der Waals surface area contributed by atoms with Gasteiger partial charge in [-0.15, -0.1) is 0 Å². The fourth-order valence-electron chi connectivity index (χ4n) is 0.710. The van der Waals surface area contributed by atoms with Gasteiger partial charge in [0.1, 0.15) is 11.3 Å². The van der Waals surface area contributed by atoms with E-state index < -0.39 is 11.6 Å². The third kappa shape index (κ3) is 1.97. The van der Waals surface area contributed by atoms with E-state index in [0.717, 1.165) is 6.07 Å². The van der Waals surface area contributed by atoms with Crippen molar-refractivity contribution in [3.63, 3.8) is 0 Å². The maximum atomic E-state index is 12.0. The van der Waals surface area contributed by atoms with E-state index in [1.54, 1.807) is 0 Å². The summed E-state index contributed by atoms with van der Waals surface area (Å²) in [5.41, 5.74) is -0.111. The first-order chi connectivity index (χ1) is 5.63. The number of hydrogen-bond donors (Lipinski definition) is 0. The molecule has 0 unspecified atom stereocenters. The average molecular weight is 235 g/mol. The molecule has 0 aliphatic rings. The van der Waals surface area contributed by atoms with Crippen LogP contribution < -0.4 is 0 Å². The first-order valence-electron chi connectivity index (χ1n) is 3.00. The number of hydrogen-bond acceptors (Lipinski definition) is 3. The second-order valence-electron chi connectivity index (χ2n) is 2.03. The Labute approximate surface area is 75.7 Å². The van der Waals surface area contributed by atoms with Crippen molar-refractivity contribution in [2.75, 3.05) is 0 Å². The Balaban J connectivity index is 3.15. The van der Waals surface area contributed by atoms with Gasteiger partial charge in [-0.1, -0.05) is 0 Å². The number of halogens is 2. The molecule has 0 aliphatic heterocycles. The minimum Gasteiger partial charge on any atom is -0.258 e. The molecule has 64 valence electrons. The van der Waals surface area contributed by atoms with E-state index in [9.17, 15) is 14.5 Å². The monoisotopic (exact) mass is 234 g/mol. The van der Waals surface area contributed by atoms with Gasteiger partial charge in [-0.3, -0.25) is 10.1 Å². The maximum absolute atomic E-state index is 12.0. The molecule has 1 heterocycles. The highest BCUT2D eigenvalue weighted by atomic mass is 79.9. The summed E-state index contributed by atoms with van der Waals surface area (Å²) in [7, 11) is 0. The van der Waals surface area contributed by atoms with Gasteiger partial charge in [0.2, 0.25) is 0 Å². The van der Waals surface area contributed by atoms with E-state index in [0.29, 0.717) is 0 Å². The van der Waals surface area contributed by atoms with Crippen LogP contribution in [0.1, 0.15) is 5.69 Å². The lowest BCUT2D eigenvalue weighted by atomic mass is 10.3. The van der Waals surface area contributed by atoms with Crippen LogP contribution in [0, 0.1) is 10.1 Å². The fraction of sp³-hybridized carbons (Fsp3) is 0.167. The second-order valence-corrected chi connectivity index (χ2v) is 2.84. The lowest BCUT2D eigenvalue weighted by Crippen LogP contribution is -1.93. The molecule has 12 heavy (non-hydrogen) atoms. The van der Waals surface area contributed by atoms with Crippen LogP contribution in [-0.2, 0) is 6.67 Å². The molecular formula is C6H4BrFN2O2. The Morgan fingerprint density at radius 1 is 1.67 bits per heavy atom. The normalized spacial score (nSPS) is 9.83. The Hall–Kier alpha value is -1.04. The summed E-state index contributed by atoms with van der Waals surface area (Å²) < 4.78 is 12.3. The van der Waals surface area contributed by atoms with Gasteiger partial charge in [-0.05, 0) is 15.9 Å². The summed E-state index contributed by atoms with van der Waals surface area (Å²) in [5, 5.41) is 10.3. The molecule has 1 rings (SSSR count). The Kier molecular flexibility index (Phi) is 2.69. The van der Waals surface area contributed by atoms with Crippen molar-refractivity contribution in [1.29, 1.82) is 0 Å². The molecule has 1 aromatic heterocycles. The second kappa shape index (κ2) is 3.57. The number of pyridine rings is 1. The summed E-state index contributed by atoms with van der Waals surface area (Å²) in [6.45, 7) is -0.805. The largest absolute Gasteiger partial charge is 0.274 e. The van der Waals surface area contributed by atoms with Crippen molar-refractivity contribution in [1.82, 2.24) is 4.98 Å². The van der Waals surface area contributed by atoms with E-state index in [1.165, 1.54) is 6.07 Å².